The van der Waals surface area contributed by atoms with Crippen LogP contribution in [-0.4, -0.2) is 29.3 Å². The Labute approximate surface area is 141 Å². The van der Waals surface area contributed by atoms with Crippen molar-refractivity contribution in [3.63, 3.8) is 0 Å². The van der Waals surface area contributed by atoms with Gasteiger partial charge in [-0.25, -0.2) is 0 Å². The highest BCUT2D eigenvalue weighted by molar-refractivity contribution is 5.97. The average molecular weight is 326 g/mol. The predicted octanol–water partition coefficient (Wildman–Crippen LogP) is 3.07. The molecule has 1 aliphatic carbocycles. The molecule has 126 valence electrons. The zero-order valence-electron chi connectivity index (χ0n) is 14.0. The summed E-state index contributed by atoms with van der Waals surface area (Å²) in [4.78, 5) is 26.8. The first-order valence-corrected chi connectivity index (χ1v) is 8.26. The molecular weight excluding hydrogens is 304 g/mol. The minimum absolute atomic E-state index is 0.00524. The number of amides is 2. The molecule has 2 amide bonds. The van der Waals surface area contributed by atoms with Gasteiger partial charge in [-0.15, -0.1) is 0 Å². The van der Waals surface area contributed by atoms with Crippen LogP contribution in [-0.2, 0) is 4.79 Å². The number of carbonyl (C=O) groups excluding carboxylic acids is 2. The maximum Gasteiger partial charge on any atom is 0.251 e. The second kappa shape index (κ2) is 6.91. The topological polar surface area (TPSA) is 62.6 Å². The number of hydrogen-bond acceptors (Lipinski definition) is 3. The SMILES string of the molecule is Cc1ccccc1C(=O)NCC(=O)N(C1CC1)[C@@H](C)c1ccco1. The Morgan fingerprint density at radius 2 is 2.00 bits per heavy atom. The largest absolute Gasteiger partial charge is 0.467 e. The Kier molecular flexibility index (Phi) is 4.69. The van der Waals surface area contributed by atoms with Crippen LogP contribution < -0.4 is 5.32 Å². The molecule has 0 radical (unpaired) electrons. The van der Waals surface area contributed by atoms with Gasteiger partial charge < -0.3 is 14.6 Å². The second-order valence-corrected chi connectivity index (χ2v) is 6.22. The number of hydrogen-bond donors (Lipinski definition) is 1. The third-order valence-electron chi connectivity index (χ3n) is 4.39. The molecule has 1 aromatic heterocycles. The number of aryl methyl sites for hydroxylation is 1. The first kappa shape index (κ1) is 16.3. The first-order chi connectivity index (χ1) is 11.6. The summed E-state index contributed by atoms with van der Waals surface area (Å²) < 4.78 is 5.43. The van der Waals surface area contributed by atoms with E-state index in [9.17, 15) is 9.59 Å². The van der Waals surface area contributed by atoms with Crippen LogP contribution in [0.3, 0.4) is 0 Å². The molecule has 3 rings (SSSR count). The number of rotatable bonds is 6. The highest BCUT2D eigenvalue weighted by Crippen LogP contribution is 2.34. The first-order valence-electron chi connectivity index (χ1n) is 8.26. The summed E-state index contributed by atoms with van der Waals surface area (Å²) in [6, 6.07) is 11.2. The molecule has 0 bridgehead atoms. The van der Waals surface area contributed by atoms with Gasteiger partial charge in [-0.05, 0) is 50.5 Å². The summed E-state index contributed by atoms with van der Waals surface area (Å²) in [5.74, 6) is 0.465. The second-order valence-electron chi connectivity index (χ2n) is 6.22. The van der Waals surface area contributed by atoms with Gasteiger partial charge in [0.15, 0.2) is 0 Å². The molecule has 5 nitrogen and oxygen atoms in total. The standard InChI is InChI=1S/C19H22N2O3/c1-13-6-3-4-7-16(13)19(23)20-12-18(22)21(15-9-10-15)14(2)17-8-5-11-24-17/h3-8,11,14-15H,9-10,12H2,1-2H3,(H,20,23)/t14-/m0/s1. The normalized spacial score (nSPS) is 14.9. The van der Waals surface area contributed by atoms with E-state index < -0.39 is 0 Å². The van der Waals surface area contributed by atoms with Crippen molar-refractivity contribution in [1.82, 2.24) is 10.2 Å². The van der Waals surface area contributed by atoms with E-state index in [2.05, 4.69) is 5.32 Å². The molecule has 24 heavy (non-hydrogen) atoms. The molecule has 1 aliphatic rings. The van der Waals surface area contributed by atoms with Crippen LogP contribution in [0, 0.1) is 6.92 Å². The molecule has 0 aliphatic heterocycles. The van der Waals surface area contributed by atoms with E-state index in [1.54, 1.807) is 12.3 Å². The highest BCUT2D eigenvalue weighted by atomic mass is 16.3. The molecule has 1 N–H and O–H groups in total. The predicted molar refractivity (Wildman–Crippen MR) is 90.5 cm³/mol. The van der Waals surface area contributed by atoms with E-state index in [0.29, 0.717) is 5.56 Å². The molecule has 1 heterocycles. The summed E-state index contributed by atoms with van der Waals surface area (Å²) in [6.07, 6.45) is 3.62. The fraction of sp³-hybridized carbons (Fsp3) is 0.368. The maximum absolute atomic E-state index is 12.7. The Balaban J connectivity index is 1.64. The molecular formula is C19H22N2O3. The number of nitrogens with one attached hydrogen (secondary N) is 1. The van der Waals surface area contributed by atoms with E-state index in [0.717, 1.165) is 24.2 Å². The van der Waals surface area contributed by atoms with Crippen LogP contribution in [0.25, 0.3) is 0 Å². The number of benzene rings is 1. The molecule has 1 aromatic carbocycles. The molecule has 0 unspecified atom stereocenters. The van der Waals surface area contributed by atoms with Gasteiger partial charge in [-0.1, -0.05) is 18.2 Å². The number of furan rings is 1. The van der Waals surface area contributed by atoms with Crippen molar-refractivity contribution in [3.05, 3.63) is 59.5 Å². The van der Waals surface area contributed by atoms with Gasteiger partial charge in [0, 0.05) is 11.6 Å². The molecule has 1 saturated carbocycles. The summed E-state index contributed by atoms with van der Waals surface area (Å²) in [7, 11) is 0. The lowest BCUT2D eigenvalue weighted by atomic mass is 10.1. The van der Waals surface area contributed by atoms with Crippen molar-refractivity contribution in [1.29, 1.82) is 0 Å². The van der Waals surface area contributed by atoms with Crippen LogP contribution in [0.2, 0.25) is 0 Å². The third kappa shape index (κ3) is 3.50. The molecule has 2 aromatic rings. The van der Waals surface area contributed by atoms with E-state index in [1.807, 2.05) is 49.1 Å². The lowest BCUT2D eigenvalue weighted by molar-refractivity contribution is -0.133. The van der Waals surface area contributed by atoms with Crippen LogP contribution in [0.5, 0.6) is 0 Å². The van der Waals surface area contributed by atoms with Gasteiger partial charge >= 0.3 is 0 Å². The molecule has 1 atom stereocenters. The van der Waals surface area contributed by atoms with Crippen LogP contribution in [0.15, 0.2) is 47.1 Å². The smallest absolute Gasteiger partial charge is 0.251 e. The Bertz CT molecular complexity index is 720. The average Bonchev–Trinajstić information content (AvgIpc) is 3.24. The summed E-state index contributed by atoms with van der Waals surface area (Å²) in [6.45, 7) is 3.83. The fourth-order valence-corrected chi connectivity index (χ4v) is 2.92. The highest BCUT2D eigenvalue weighted by Gasteiger charge is 2.37. The van der Waals surface area contributed by atoms with Crippen LogP contribution in [0.1, 0.15) is 47.5 Å². The van der Waals surface area contributed by atoms with Gasteiger partial charge in [-0.2, -0.15) is 0 Å². The van der Waals surface area contributed by atoms with Crippen molar-refractivity contribution < 1.29 is 14.0 Å². The molecule has 5 heteroatoms. The summed E-state index contributed by atoms with van der Waals surface area (Å²) in [5, 5.41) is 2.74. The third-order valence-corrected chi connectivity index (χ3v) is 4.39. The van der Waals surface area contributed by atoms with Gasteiger partial charge in [0.2, 0.25) is 5.91 Å². The lowest BCUT2D eigenvalue weighted by Gasteiger charge is -2.28. The summed E-state index contributed by atoms with van der Waals surface area (Å²) >= 11 is 0. The van der Waals surface area contributed by atoms with Crippen molar-refractivity contribution in [2.45, 2.75) is 38.8 Å². The quantitative estimate of drug-likeness (QED) is 0.887. The summed E-state index contributed by atoms with van der Waals surface area (Å²) in [5.41, 5.74) is 1.49. The molecule has 1 fully saturated rings. The van der Waals surface area contributed by atoms with E-state index in [1.165, 1.54) is 0 Å². The van der Waals surface area contributed by atoms with Crippen molar-refractivity contribution >= 4 is 11.8 Å². The van der Waals surface area contributed by atoms with E-state index in [4.69, 9.17) is 4.42 Å². The fourth-order valence-electron chi connectivity index (χ4n) is 2.92. The van der Waals surface area contributed by atoms with E-state index >= 15 is 0 Å². The Morgan fingerprint density at radius 3 is 2.62 bits per heavy atom. The Hall–Kier alpha value is -2.56. The minimum atomic E-state index is -0.220. The van der Waals surface area contributed by atoms with E-state index in [-0.39, 0.29) is 30.4 Å². The minimum Gasteiger partial charge on any atom is -0.467 e. The van der Waals surface area contributed by atoms with Crippen molar-refractivity contribution in [3.8, 4) is 0 Å². The van der Waals surface area contributed by atoms with Crippen molar-refractivity contribution in [2.75, 3.05) is 6.54 Å². The zero-order valence-corrected chi connectivity index (χ0v) is 14.0. The van der Waals surface area contributed by atoms with Gasteiger partial charge in [0.05, 0.1) is 18.8 Å². The monoisotopic (exact) mass is 326 g/mol. The Morgan fingerprint density at radius 1 is 1.25 bits per heavy atom. The maximum atomic E-state index is 12.7. The zero-order chi connectivity index (χ0) is 17.1. The van der Waals surface area contributed by atoms with Crippen molar-refractivity contribution in [2.24, 2.45) is 0 Å². The lowest BCUT2D eigenvalue weighted by Crippen LogP contribution is -2.42. The van der Waals surface area contributed by atoms with Gasteiger partial charge in [0.1, 0.15) is 5.76 Å². The van der Waals surface area contributed by atoms with Gasteiger partial charge in [-0.3, -0.25) is 9.59 Å². The molecule has 0 spiro atoms. The van der Waals surface area contributed by atoms with Crippen LogP contribution in [0.4, 0.5) is 0 Å². The van der Waals surface area contributed by atoms with Gasteiger partial charge in [0.25, 0.3) is 5.91 Å². The molecule has 0 saturated heterocycles. The van der Waals surface area contributed by atoms with Crippen LogP contribution >= 0.6 is 0 Å². The number of nitrogens with zero attached hydrogens (tertiary/aromatic N) is 1. The number of carbonyl (C=O) groups is 2.